The molecule has 0 amide bonds. The summed E-state index contributed by atoms with van der Waals surface area (Å²) in [7, 11) is 1.70. The summed E-state index contributed by atoms with van der Waals surface area (Å²) in [6, 6.07) is 15.7. The Kier molecular flexibility index (Phi) is 4.95. The largest absolute Gasteiger partial charge is 0.508 e. The summed E-state index contributed by atoms with van der Waals surface area (Å²) in [6.07, 6.45) is 0. The third-order valence-corrected chi connectivity index (χ3v) is 2.97. The summed E-state index contributed by atoms with van der Waals surface area (Å²) < 4.78 is 4.98. The number of benzene rings is 2. The van der Waals surface area contributed by atoms with Crippen molar-refractivity contribution < 1.29 is 9.84 Å². The van der Waals surface area contributed by atoms with E-state index in [4.69, 9.17) is 4.74 Å². The molecule has 0 heterocycles. The van der Waals surface area contributed by atoms with E-state index in [1.54, 1.807) is 19.2 Å². The predicted octanol–water partition coefficient (Wildman–Crippen LogP) is 2.80. The summed E-state index contributed by atoms with van der Waals surface area (Å²) in [5, 5.41) is 12.6. The molecule has 0 fully saturated rings. The Labute approximate surface area is 113 Å². The molecule has 3 heteroatoms. The third-order valence-electron chi connectivity index (χ3n) is 2.97. The highest BCUT2D eigenvalue weighted by molar-refractivity contribution is 5.64. The van der Waals surface area contributed by atoms with Gasteiger partial charge in [-0.25, -0.2) is 0 Å². The van der Waals surface area contributed by atoms with Crippen molar-refractivity contribution in [1.29, 1.82) is 0 Å². The van der Waals surface area contributed by atoms with Gasteiger partial charge in [0.05, 0.1) is 6.61 Å². The van der Waals surface area contributed by atoms with E-state index >= 15 is 0 Å². The summed E-state index contributed by atoms with van der Waals surface area (Å²) >= 11 is 0. The number of hydrogen-bond acceptors (Lipinski definition) is 3. The second-order valence-corrected chi connectivity index (χ2v) is 4.41. The molecule has 2 aromatic carbocycles. The number of ether oxygens (including phenoxy) is 1. The fourth-order valence-electron chi connectivity index (χ4n) is 1.88. The van der Waals surface area contributed by atoms with E-state index in [1.165, 1.54) is 5.56 Å². The molecule has 0 saturated heterocycles. The Morgan fingerprint density at radius 2 is 1.53 bits per heavy atom. The zero-order chi connectivity index (χ0) is 13.5. The van der Waals surface area contributed by atoms with Crippen LogP contribution >= 0.6 is 0 Å². The van der Waals surface area contributed by atoms with Crippen LogP contribution in [-0.4, -0.2) is 25.4 Å². The lowest BCUT2D eigenvalue weighted by atomic mass is 10.0. The molecule has 100 valence electrons. The molecule has 2 rings (SSSR count). The van der Waals surface area contributed by atoms with Crippen LogP contribution in [0.25, 0.3) is 11.1 Å². The van der Waals surface area contributed by atoms with Crippen LogP contribution in [-0.2, 0) is 11.3 Å². The minimum atomic E-state index is 0.294. The standard InChI is InChI=1S/C16H19NO2/c1-19-11-10-17-12-13-2-4-14(5-3-13)15-6-8-16(18)9-7-15/h2-9,17-18H,10-12H2,1H3. The topological polar surface area (TPSA) is 41.5 Å². The van der Waals surface area contributed by atoms with Crippen LogP contribution in [0.15, 0.2) is 48.5 Å². The zero-order valence-electron chi connectivity index (χ0n) is 11.1. The summed E-state index contributed by atoms with van der Waals surface area (Å²) in [4.78, 5) is 0. The van der Waals surface area contributed by atoms with Gasteiger partial charge in [0.15, 0.2) is 0 Å². The fourth-order valence-corrected chi connectivity index (χ4v) is 1.88. The SMILES string of the molecule is COCCNCc1ccc(-c2ccc(O)cc2)cc1. The van der Waals surface area contributed by atoms with Gasteiger partial charge in [0.1, 0.15) is 5.75 Å². The quantitative estimate of drug-likeness (QED) is 0.782. The average molecular weight is 257 g/mol. The lowest BCUT2D eigenvalue weighted by Crippen LogP contribution is -2.18. The van der Waals surface area contributed by atoms with Crippen LogP contribution in [0.4, 0.5) is 0 Å². The maximum absolute atomic E-state index is 9.27. The molecule has 0 atom stereocenters. The minimum Gasteiger partial charge on any atom is -0.508 e. The molecule has 0 aliphatic carbocycles. The van der Waals surface area contributed by atoms with Crippen molar-refractivity contribution in [3.63, 3.8) is 0 Å². The Morgan fingerprint density at radius 3 is 2.11 bits per heavy atom. The molecule has 0 aliphatic rings. The number of nitrogens with one attached hydrogen (secondary N) is 1. The van der Waals surface area contributed by atoms with E-state index in [0.29, 0.717) is 5.75 Å². The van der Waals surface area contributed by atoms with Crippen molar-refractivity contribution >= 4 is 0 Å². The van der Waals surface area contributed by atoms with Gasteiger partial charge in [-0.3, -0.25) is 0 Å². The van der Waals surface area contributed by atoms with E-state index < -0.39 is 0 Å². The van der Waals surface area contributed by atoms with Crippen molar-refractivity contribution in [3.8, 4) is 16.9 Å². The maximum atomic E-state index is 9.27. The van der Waals surface area contributed by atoms with E-state index in [0.717, 1.165) is 30.8 Å². The number of phenols is 1. The van der Waals surface area contributed by atoms with Crippen LogP contribution in [0.2, 0.25) is 0 Å². The third kappa shape index (κ3) is 4.09. The average Bonchev–Trinajstić information content (AvgIpc) is 2.45. The zero-order valence-corrected chi connectivity index (χ0v) is 11.1. The van der Waals surface area contributed by atoms with Crippen LogP contribution in [0.5, 0.6) is 5.75 Å². The second kappa shape index (κ2) is 6.92. The van der Waals surface area contributed by atoms with Gasteiger partial charge >= 0.3 is 0 Å². The molecule has 2 N–H and O–H groups in total. The maximum Gasteiger partial charge on any atom is 0.115 e. The van der Waals surface area contributed by atoms with Gasteiger partial charge in [0.2, 0.25) is 0 Å². The van der Waals surface area contributed by atoms with Crippen molar-refractivity contribution in [3.05, 3.63) is 54.1 Å². The smallest absolute Gasteiger partial charge is 0.115 e. The van der Waals surface area contributed by atoms with Gasteiger partial charge < -0.3 is 15.2 Å². The van der Waals surface area contributed by atoms with Crippen LogP contribution < -0.4 is 5.32 Å². The second-order valence-electron chi connectivity index (χ2n) is 4.41. The van der Waals surface area contributed by atoms with E-state index in [1.807, 2.05) is 12.1 Å². The highest BCUT2D eigenvalue weighted by Crippen LogP contribution is 2.22. The Balaban J connectivity index is 1.96. The molecule has 0 aliphatic heterocycles. The van der Waals surface area contributed by atoms with Crippen molar-refractivity contribution in [1.82, 2.24) is 5.32 Å². The molecule has 0 unspecified atom stereocenters. The summed E-state index contributed by atoms with van der Waals surface area (Å²) in [6.45, 7) is 2.43. The highest BCUT2D eigenvalue weighted by atomic mass is 16.5. The van der Waals surface area contributed by atoms with E-state index in [-0.39, 0.29) is 0 Å². The molecule has 0 bridgehead atoms. The van der Waals surface area contributed by atoms with Crippen molar-refractivity contribution in [2.75, 3.05) is 20.3 Å². The molecular weight excluding hydrogens is 238 g/mol. The van der Waals surface area contributed by atoms with Gasteiger partial charge in [-0.2, -0.15) is 0 Å². The molecule has 0 saturated carbocycles. The molecule has 2 aromatic rings. The lowest BCUT2D eigenvalue weighted by molar-refractivity contribution is 0.199. The van der Waals surface area contributed by atoms with E-state index in [2.05, 4.69) is 29.6 Å². The molecule has 0 aromatic heterocycles. The first-order valence-electron chi connectivity index (χ1n) is 6.37. The number of hydrogen-bond donors (Lipinski definition) is 2. The fraction of sp³-hybridized carbons (Fsp3) is 0.250. The summed E-state index contributed by atoms with van der Waals surface area (Å²) in [5.74, 6) is 0.294. The number of rotatable bonds is 6. The summed E-state index contributed by atoms with van der Waals surface area (Å²) in [5.41, 5.74) is 3.51. The molecular formula is C16H19NO2. The van der Waals surface area contributed by atoms with Gasteiger partial charge in [-0.15, -0.1) is 0 Å². The first-order valence-corrected chi connectivity index (χ1v) is 6.37. The van der Waals surface area contributed by atoms with Gasteiger partial charge in [0, 0.05) is 20.2 Å². The monoisotopic (exact) mass is 257 g/mol. The number of phenolic OH excluding ortho intramolecular Hbond substituents is 1. The Bertz CT molecular complexity index is 491. The molecule has 0 radical (unpaired) electrons. The van der Waals surface area contributed by atoms with Gasteiger partial charge in [-0.1, -0.05) is 36.4 Å². The first-order chi connectivity index (χ1) is 9.29. The number of aromatic hydroxyl groups is 1. The van der Waals surface area contributed by atoms with Crippen molar-refractivity contribution in [2.45, 2.75) is 6.54 Å². The molecule has 19 heavy (non-hydrogen) atoms. The Hall–Kier alpha value is -1.84. The van der Waals surface area contributed by atoms with Gasteiger partial charge in [-0.05, 0) is 28.8 Å². The predicted molar refractivity (Wildman–Crippen MR) is 77.1 cm³/mol. The number of methoxy groups -OCH3 is 1. The lowest BCUT2D eigenvalue weighted by Gasteiger charge is -2.06. The molecule has 0 spiro atoms. The van der Waals surface area contributed by atoms with Gasteiger partial charge in [0.25, 0.3) is 0 Å². The first kappa shape index (κ1) is 13.6. The van der Waals surface area contributed by atoms with Crippen LogP contribution in [0.1, 0.15) is 5.56 Å². The Morgan fingerprint density at radius 1 is 0.947 bits per heavy atom. The highest BCUT2D eigenvalue weighted by Gasteiger charge is 1.98. The van der Waals surface area contributed by atoms with Crippen LogP contribution in [0.3, 0.4) is 0 Å². The van der Waals surface area contributed by atoms with E-state index in [9.17, 15) is 5.11 Å². The van der Waals surface area contributed by atoms with Crippen LogP contribution in [0, 0.1) is 0 Å². The normalized spacial score (nSPS) is 10.6. The minimum absolute atomic E-state index is 0.294. The van der Waals surface area contributed by atoms with Crippen molar-refractivity contribution in [2.24, 2.45) is 0 Å². The molecule has 3 nitrogen and oxygen atoms in total.